The summed E-state index contributed by atoms with van der Waals surface area (Å²) in [6.45, 7) is 9.00. The Hall–Kier alpha value is -2.18. The van der Waals surface area contributed by atoms with Crippen LogP contribution in [-0.2, 0) is 9.47 Å². The Balaban J connectivity index is 1.70. The molecule has 1 fully saturated rings. The fourth-order valence-corrected chi connectivity index (χ4v) is 3.09. The summed E-state index contributed by atoms with van der Waals surface area (Å²) in [6, 6.07) is 9.66. The first kappa shape index (κ1) is 19.6. The van der Waals surface area contributed by atoms with Gasteiger partial charge in [0.1, 0.15) is 5.82 Å². The number of morpholine rings is 1. The van der Waals surface area contributed by atoms with Gasteiger partial charge >= 0.3 is 0 Å². The molecule has 6 nitrogen and oxygen atoms in total. The summed E-state index contributed by atoms with van der Waals surface area (Å²) in [4.78, 5) is 19.6. The standard InChI is InChI=1S/C21H29N3O3/c1-16(2)15-27-11-5-8-22-20-14-18(17-6-3-4-7-19(17)23-20)21(25)24-9-12-26-13-10-24/h3-4,6-7,14,16H,5,8-13,15H2,1-2H3,(H,22,23). The molecular formula is C21H29N3O3. The lowest BCUT2D eigenvalue weighted by atomic mass is 10.1. The number of benzene rings is 1. The van der Waals surface area contributed by atoms with Crippen LogP contribution in [0.25, 0.3) is 10.9 Å². The third-order valence-electron chi connectivity index (χ3n) is 4.47. The zero-order valence-electron chi connectivity index (χ0n) is 16.2. The quantitative estimate of drug-likeness (QED) is 0.722. The van der Waals surface area contributed by atoms with Crippen molar-refractivity contribution in [2.24, 2.45) is 5.92 Å². The highest BCUT2D eigenvalue weighted by Crippen LogP contribution is 2.22. The monoisotopic (exact) mass is 371 g/mol. The van der Waals surface area contributed by atoms with E-state index in [1.54, 1.807) is 0 Å². The van der Waals surface area contributed by atoms with Crippen LogP contribution >= 0.6 is 0 Å². The molecule has 1 amide bonds. The van der Waals surface area contributed by atoms with Crippen LogP contribution in [0.3, 0.4) is 0 Å². The number of pyridine rings is 1. The van der Waals surface area contributed by atoms with Crippen molar-refractivity contribution in [1.29, 1.82) is 0 Å². The number of nitrogens with one attached hydrogen (secondary N) is 1. The van der Waals surface area contributed by atoms with Crippen LogP contribution < -0.4 is 5.32 Å². The van der Waals surface area contributed by atoms with Gasteiger partial charge in [0.25, 0.3) is 5.91 Å². The summed E-state index contributed by atoms with van der Waals surface area (Å²) in [6.07, 6.45) is 0.897. The van der Waals surface area contributed by atoms with Crippen LogP contribution in [0.15, 0.2) is 30.3 Å². The summed E-state index contributed by atoms with van der Waals surface area (Å²) in [5.74, 6) is 1.32. The minimum Gasteiger partial charge on any atom is -0.381 e. The van der Waals surface area contributed by atoms with Crippen molar-refractivity contribution in [1.82, 2.24) is 9.88 Å². The number of hydrogen-bond acceptors (Lipinski definition) is 5. The van der Waals surface area contributed by atoms with Crippen LogP contribution in [0.4, 0.5) is 5.82 Å². The number of nitrogens with zero attached hydrogens (tertiary/aromatic N) is 2. The van der Waals surface area contributed by atoms with Gasteiger partial charge in [0.05, 0.1) is 24.3 Å². The SMILES string of the molecule is CC(C)COCCCNc1cc(C(=O)N2CCOCC2)c2ccccc2n1. The molecule has 0 spiro atoms. The zero-order chi connectivity index (χ0) is 19.1. The van der Waals surface area contributed by atoms with Gasteiger partial charge in [-0.2, -0.15) is 0 Å². The van der Waals surface area contributed by atoms with E-state index < -0.39 is 0 Å². The highest BCUT2D eigenvalue weighted by Gasteiger charge is 2.21. The molecule has 1 aliphatic heterocycles. The van der Waals surface area contributed by atoms with E-state index in [0.29, 0.717) is 37.8 Å². The van der Waals surface area contributed by atoms with Crippen LogP contribution in [-0.4, -0.2) is 61.9 Å². The summed E-state index contributed by atoms with van der Waals surface area (Å²) in [7, 11) is 0. The second-order valence-electron chi connectivity index (χ2n) is 7.23. The van der Waals surface area contributed by atoms with Crippen molar-refractivity contribution < 1.29 is 14.3 Å². The highest BCUT2D eigenvalue weighted by molar-refractivity contribution is 6.07. The predicted octanol–water partition coefficient (Wildman–Crippen LogP) is 3.18. The summed E-state index contributed by atoms with van der Waals surface area (Å²) < 4.78 is 11.0. The van der Waals surface area contributed by atoms with Crippen molar-refractivity contribution in [3.63, 3.8) is 0 Å². The van der Waals surface area contributed by atoms with Gasteiger partial charge in [0, 0.05) is 38.2 Å². The van der Waals surface area contributed by atoms with Crippen LogP contribution in [0.2, 0.25) is 0 Å². The average Bonchev–Trinajstić information content (AvgIpc) is 2.70. The molecule has 2 aromatic rings. The molecule has 146 valence electrons. The molecule has 0 bridgehead atoms. The molecule has 0 saturated carbocycles. The van der Waals surface area contributed by atoms with Gasteiger partial charge in [0.15, 0.2) is 0 Å². The molecule has 0 unspecified atom stereocenters. The van der Waals surface area contributed by atoms with Gasteiger partial charge in [-0.05, 0) is 24.5 Å². The van der Waals surface area contributed by atoms with Gasteiger partial charge < -0.3 is 19.7 Å². The van der Waals surface area contributed by atoms with Crippen LogP contribution in [0.1, 0.15) is 30.6 Å². The first-order valence-corrected chi connectivity index (χ1v) is 9.73. The van der Waals surface area contributed by atoms with E-state index in [1.807, 2.05) is 35.2 Å². The van der Waals surface area contributed by atoms with Gasteiger partial charge in [-0.15, -0.1) is 0 Å². The predicted molar refractivity (Wildman–Crippen MR) is 107 cm³/mol. The smallest absolute Gasteiger partial charge is 0.254 e. The van der Waals surface area contributed by atoms with Crippen molar-refractivity contribution >= 4 is 22.6 Å². The Morgan fingerprint density at radius 2 is 2.07 bits per heavy atom. The second-order valence-corrected chi connectivity index (χ2v) is 7.23. The van der Waals surface area contributed by atoms with Crippen molar-refractivity contribution in [2.75, 3.05) is 51.4 Å². The van der Waals surface area contributed by atoms with E-state index >= 15 is 0 Å². The lowest BCUT2D eigenvalue weighted by Crippen LogP contribution is -2.40. The van der Waals surface area contributed by atoms with E-state index in [-0.39, 0.29) is 5.91 Å². The van der Waals surface area contributed by atoms with Crippen molar-refractivity contribution in [2.45, 2.75) is 20.3 Å². The number of hydrogen-bond donors (Lipinski definition) is 1. The molecule has 0 atom stereocenters. The minimum atomic E-state index is 0.0419. The first-order valence-electron chi connectivity index (χ1n) is 9.73. The number of carbonyl (C=O) groups excluding carboxylic acids is 1. The maximum atomic E-state index is 13.0. The number of carbonyl (C=O) groups is 1. The van der Waals surface area contributed by atoms with E-state index in [9.17, 15) is 4.79 Å². The molecule has 1 aliphatic rings. The number of rotatable bonds is 8. The average molecular weight is 371 g/mol. The van der Waals surface area contributed by atoms with E-state index in [0.717, 1.165) is 42.9 Å². The fraction of sp³-hybridized carbons (Fsp3) is 0.524. The topological polar surface area (TPSA) is 63.7 Å². The largest absolute Gasteiger partial charge is 0.381 e. The van der Waals surface area contributed by atoms with Gasteiger partial charge in [0.2, 0.25) is 0 Å². The molecule has 1 N–H and O–H groups in total. The lowest BCUT2D eigenvalue weighted by molar-refractivity contribution is 0.0304. The van der Waals surface area contributed by atoms with E-state index in [2.05, 4.69) is 24.1 Å². The molecule has 3 rings (SSSR count). The van der Waals surface area contributed by atoms with Crippen molar-refractivity contribution in [3.05, 3.63) is 35.9 Å². The van der Waals surface area contributed by atoms with Crippen LogP contribution in [0, 0.1) is 5.92 Å². The molecule has 1 saturated heterocycles. The Morgan fingerprint density at radius 1 is 1.30 bits per heavy atom. The Kier molecular flexibility index (Phi) is 7.01. The summed E-state index contributed by atoms with van der Waals surface area (Å²) in [5, 5.41) is 4.23. The number of anilines is 1. The molecule has 27 heavy (non-hydrogen) atoms. The molecule has 6 heteroatoms. The van der Waals surface area contributed by atoms with Gasteiger partial charge in [-0.25, -0.2) is 4.98 Å². The maximum Gasteiger partial charge on any atom is 0.254 e. The normalized spacial score (nSPS) is 14.7. The van der Waals surface area contributed by atoms with Gasteiger partial charge in [-0.1, -0.05) is 32.0 Å². The number of ether oxygens (including phenoxy) is 2. The Morgan fingerprint density at radius 3 is 2.85 bits per heavy atom. The maximum absolute atomic E-state index is 13.0. The zero-order valence-corrected chi connectivity index (χ0v) is 16.2. The third kappa shape index (κ3) is 5.40. The van der Waals surface area contributed by atoms with E-state index in [4.69, 9.17) is 9.47 Å². The molecule has 1 aromatic carbocycles. The summed E-state index contributed by atoms with van der Waals surface area (Å²) >= 11 is 0. The molecule has 2 heterocycles. The minimum absolute atomic E-state index is 0.0419. The highest BCUT2D eigenvalue weighted by atomic mass is 16.5. The van der Waals surface area contributed by atoms with Gasteiger partial charge in [-0.3, -0.25) is 4.79 Å². The van der Waals surface area contributed by atoms with Crippen molar-refractivity contribution in [3.8, 4) is 0 Å². The molecular weight excluding hydrogens is 342 g/mol. The Labute approximate surface area is 160 Å². The third-order valence-corrected chi connectivity index (χ3v) is 4.47. The summed E-state index contributed by atoms with van der Waals surface area (Å²) in [5.41, 5.74) is 1.52. The van der Waals surface area contributed by atoms with E-state index in [1.165, 1.54) is 0 Å². The number of amides is 1. The fourth-order valence-electron chi connectivity index (χ4n) is 3.09. The number of aromatic nitrogens is 1. The second kappa shape index (κ2) is 9.67. The molecule has 0 radical (unpaired) electrons. The first-order chi connectivity index (χ1) is 13.1. The number of para-hydroxylation sites is 1. The number of fused-ring (bicyclic) bond motifs is 1. The molecule has 0 aliphatic carbocycles. The molecule has 1 aromatic heterocycles. The lowest BCUT2D eigenvalue weighted by Gasteiger charge is -2.27. The Bertz CT molecular complexity index is 757. The van der Waals surface area contributed by atoms with Crippen LogP contribution in [0.5, 0.6) is 0 Å².